The van der Waals surface area contributed by atoms with Crippen molar-refractivity contribution in [3.05, 3.63) is 35.4 Å². The molecular formula is C13H16O2. The van der Waals surface area contributed by atoms with Crippen molar-refractivity contribution in [2.75, 3.05) is 6.61 Å². The zero-order valence-corrected chi connectivity index (χ0v) is 9.25. The lowest BCUT2D eigenvalue weighted by atomic mass is 9.87. The lowest BCUT2D eigenvalue weighted by molar-refractivity contribution is -0.138. The van der Waals surface area contributed by atoms with Crippen molar-refractivity contribution in [1.82, 2.24) is 0 Å². The maximum atomic E-state index is 11.4. The van der Waals surface area contributed by atoms with Crippen LogP contribution in [0, 0.1) is 6.92 Å². The average Bonchev–Trinajstić information content (AvgIpc) is 2.18. The third kappa shape index (κ3) is 2.10. The predicted molar refractivity (Wildman–Crippen MR) is 58.7 cm³/mol. The molecule has 0 bridgehead atoms. The second kappa shape index (κ2) is 3.78. The number of hydrogen-bond donors (Lipinski definition) is 0. The largest absolute Gasteiger partial charge is 0.370 e. The van der Waals surface area contributed by atoms with E-state index in [0.29, 0.717) is 25.2 Å². The molecule has 1 aliphatic heterocycles. The van der Waals surface area contributed by atoms with Gasteiger partial charge in [-0.1, -0.05) is 29.8 Å². The Morgan fingerprint density at radius 1 is 1.27 bits per heavy atom. The Hall–Kier alpha value is -1.15. The lowest BCUT2D eigenvalue weighted by Gasteiger charge is -2.33. The van der Waals surface area contributed by atoms with Crippen LogP contribution in [0.2, 0.25) is 0 Å². The summed E-state index contributed by atoms with van der Waals surface area (Å²) in [5.41, 5.74) is 1.91. The van der Waals surface area contributed by atoms with E-state index in [9.17, 15) is 4.79 Å². The highest BCUT2D eigenvalue weighted by molar-refractivity contribution is 5.80. The molecule has 2 nitrogen and oxygen atoms in total. The Bertz CT molecular complexity index is 367. The molecule has 1 heterocycles. The fourth-order valence-corrected chi connectivity index (χ4v) is 2.00. The van der Waals surface area contributed by atoms with Gasteiger partial charge in [0.05, 0.1) is 12.2 Å². The van der Waals surface area contributed by atoms with Crippen LogP contribution in [0.1, 0.15) is 30.9 Å². The first-order chi connectivity index (χ1) is 7.10. The molecule has 0 radical (unpaired) electrons. The number of carbonyl (C=O) groups excluding carboxylic acids is 1. The first-order valence-electron chi connectivity index (χ1n) is 5.33. The number of benzene rings is 1. The van der Waals surface area contributed by atoms with Gasteiger partial charge in [-0.15, -0.1) is 0 Å². The summed E-state index contributed by atoms with van der Waals surface area (Å²) in [7, 11) is 0. The number of carbonyl (C=O) groups is 1. The number of aryl methyl sites for hydroxylation is 1. The Kier molecular flexibility index (Phi) is 2.61. The summed E-state index contributed by atoms with van der Waals surface area (Å²) in [5.74, 6) is 0.296. The van der Waals surface area contributed by atoms with E-state index in [4.69, 9.17) is 4.74 Å². The highest BCUT2D eigenvalue weighted by Gasteiger charge is 2.33. The minimum atomic E-state index is -0.414. The van der Waals surface area contributed by atoms with Gasteiger partial charge in [0.1, 0.15) is 5.78 Å². The predicted octanol–water partition coefficient (Wildman–Crippen LogP) is 2.59. The molecule has 80 valence electrons. The molecule has 2 heteroatoms. The van der Waals surface area contributed by atoms with Crippen molar-refractivity contribution in [2.24, 2.45) is 0 Å². The molecule has 1 fully saturated rings. The quantitative estimate of drug-likeness (QED) is 0.702. The van der Waals surface area contributed by atoms with Crippen LogP contribution >= 0.6 is 0 Å². The maximum absolute atomic E-state index is 11.4. The molecule has 1 atom stereocenters. The molecule has 1 aliphatic rings. The summed E-state index contributed by atoms with van der Waals surface area (Å²) in [6.07, 6.45) is 1.05. The zero-order valence-electron chi connectivity index (χ0n) is 9.25. The first kappa shape index (κ1) is 10.4. The van der Waals surface area contributed by atoms with E-state index in [2.05, 4.69) is 19.1 Å². The van der Waals surface area contributed by atoms with Crippen LogP contribution in [0.4, 0.5) is 0 Å². The lowest BCUT2D eigenvalue weighted by Crippen LogP contribution is -2.34. The van der Waals surface area contributed by atoms with Gasteiger partial charge in [0.2, 0.25) is 0 Å². The monoisotopic (exact) mass is 204 g/mol. The molecule has 0 spiro atoms. The van der Waals surface area contributed by atoms with Crippen LogP contribution < -0.4 is 0 Å². The number of hydrogen-bond acceptors (Lipinski definition) is 2. The van der Waals surface area contributed by atoms with Crippen LogP contribution in [-0.4, -0.2) is 12.4 Å². The van der Waals surface area contributed by atoms with Gasteiger partial charge in [0, 0.05) is 12.8 Å². The molecule has 0 amide bonds. The highest BCUT2D eigenvalue weighted by Crippen LogP contribution is 2.33. The fraction of sp³-hybridized carbons (Fsp3) is 0.462. The maximum Gasteiger partial charge on any atom is 0.138 e. The molecule has 0 aliphatic carbocycles. The first-order valence-corrected chi connectivity index (χ1v) is 5.33. The normalized spacial score (nSPS) is 26.7. The van der Waals surface area contributed by atoms with Gasteiger partial charge in [0.25, 0.3) is 0 Å². The summed E-state index contributed by atoms with van der Waals surface area (Å²) in [6, 6.07) is 8.22. The van der Waals surface area contributed by atoms with Crippen molar-refractivity contribution in [1.29, 1.82) is 0 Å². The van der Waals surface area contributed by atoms with Crippen molar-refractivity contribution in [2.45, 2.75) is 32.3 Å². The number of rotatable bonds is 1. The molecule has 1 aromatic rings. The van der Waals surface area contributed by atoms with Gasteiger partial charge in [0.15, 0.2) is 0 Å². The van der Waals surface area contributed by atoms with E-state index in [1.54, 1.807) is 0 Å². The molecule has 15 heavy (non-hydrogen) atoms. The summed E-state index contributed by atoms with van der Waals surface area (Å²) < 4.78 is 5.74. The van der Waals surface area contributed by atoms with Gasteiger partial charge in [-0.25, -0.2) is 0 Å². The molecule has 0 aromatic heterocycles. The van der Waals surface area contributed by atoms with Crippen molar-refractivity contribution in [3.8, 4) is 0 Å². The van der Waals surface area contributed by atoms with Crippen LogP contribution in [0.25, 0.3) is 0 Å². The summed E-state index contributed by atoms with van der Waals surface area (Å²) >= 11 is 0. The number of ketones is 1. The topological polar surface area (TPSA) is 26.3 Å². The van der Waals surface area contributed by atoms with Crippen LogP contribution in [0.15, 0.2) is 24.3 Å². The third-order valence-corrected chi connectivity index (χ3v) is 3.00. The molecule has 2 rings (SSSR count). The number of Topliss-reactive ketones (excluding diaryl/α,β-unsaturated/α-hetero) is 1. The van der Waals surface area contributed by atoms with Crippen molar-refractivity contribution >= 4 is 5.78 Å². The smallest absolute Gasteiger partial charge is 0.138 e. The minimum absolute atomic E-state index is 0.296. The second-order valence-electron chi connectivity index (χ2n) is 4.41. The Morgan fingerprint density at radius 2 is 1.93 bits per heavy atom. The van der Waals surface area contributed by atoms with Crippen LogP contribution in [0.5, 0.6) is 0 Å². The highest BCUT2D eigenvalue weighted by atomic mass is 16.5. The van der Waals surface area contributed by atoms with Gasteiger partial charge in [-0.3, -0.25) is 4.79 Å². The molecule has 0 saturated carbocycles. The van der Waals surface area contributed by atoms with Crippen molar-refractivity contribution in [3.63, 3.8) is 0 Å². The Morgan fingerprint density at radius 3 is 2.53 bits per heavy atom. The van der Waals surface area contributed by atoms with Gasteiger partial charge >= 0.3 is 0 Å². The van der Waals surface area contributed by atoms with Gasteiger partial charge in [-0.05, 0) is 19.4 Å². The third-order valence-electron chi connectivity index (χ3n) is 3.00. The zero-order chi connectivity index (χ0) is 10.9. The van der Waals surface area contributed by atoms with E-state index >= 15 is 0 Å². The fourth-order valence-electron chi connectivity index (χ4n) is 2.00. The van der Waals surface area contributed by atoms with Gasteiger partial charge < -0.3 is 4.74 Å². The minimum Gasteiger partial charge on any atom is -0.370 e. The van der Waals surface area contributed by atoms with E-state index in [-0.39, 0.29) is 0 Å². The number of ether oxygens (including phenoxy) is 1. The molecular weight excluding hydrogens is 188 g/mol. The average molecular weight is 204 g/mol. The summed E-state index contributed by atoms with van der Waals surface area (Å²) in [4.78, 5) is 11.4. The second-order valence-corrected chi connectivity index (χ2v) is 4.41. The SMILES string of the molecule is Cc1ccc(C2(C)CC(=O)CCO2)cc1. The van der Waals surface area contributed by atoms with Gasteiger partial charge in [-0.2, -0.15) is 0 Å². The Balaban J connectivity index is 2.28. The van der Waals surface area contributed by atoms with E-state index in [1.807, 2.05) is 19.1 Å². The van der Waals surface area contributed by atoms with Crippen LogP contribution in [0.3, 0.4) is 0 Å². The van der Waals surface area contributed by atoms with Crippen LogP contribution in [-0.2, 0) is 15.1 Å². The van der Waals surface area contributed by atoms with E-state index in [0.717, 1.165) is 5.56 Å². The standard InChI is InChI=1S/C13H16O2/c1-10-3-5-11(6-4-10)13(2)9-12(14)7-8-15-13/h3-6H,7-9H2,1-2H3. The Labute approximate surface area is 90.3 Å². The molecule has 0 N–H and O–H groups in total. The van der Waals surface area contributed by atoms with E-state index < -0.39 is 5.60 Å². The molecule has 1 aromatic carbocycles. The molecule has 1 saturated heterocycles. The summed E-state index contributed by atoms with van der Waals surface area (Å²) in [5, 5.41) is 0. The summed E-state index contributed by atoms with van der Waals surface area (Å²) in [6.45, 7) is 4.59. The van der Waals surface area contributed by atoms with E-state index in [1.165, 1.54) is 5.56 Å². The van der Waals surface area contributed by atoms with Crippen molar-refractivity contribution < 1.29 is 9.53 Å². The molecule has 1 unspecified atom stereocenters.